The zero-order valence-corrected chi connectivity index (χ0v) is 15.5. The average molecular weight is 368 g/mol. The molecule has 6 nitrogen and oxygen atoms in total. The first kappa shape index (κ1) is 18.0. The van der Waals surface area contributed by atoms with Gasteiger partial charge in [0, 0.05) is 6.54 Å². The summed E-state index contributed by atoms with van der Waals surface area (Å²) < 4.78 is 2.10. The van der Waals surface area contributed by atoms with E-state index in [1.807, 2.05) is 24.3 Å². The summed E-state index contributed by atoms with van der Waals surface area (Å²) in [6.07, 6.45) is 0. The molecule has 0 unspecified atom stereocenters. The number of phenols is 1. The van der Waals surface area contributed by atoms with Gasteiger partial charge in [0.2, 0.25) is 0 Å². The van der Waals surface area contributed by atoms with Crippen LogP contribution in [0.25, 0.3) is 11.0 Å². The van der Waals surface area contributed by atoms with Crippen molar-refractivity contribution in [1.29, 1.82) is 0 Å². The van der Waals surface area contributed by atoms with Crippen molar-refractivity contribution in [2.24, 2.45) is 5.10 Å². The highest BCUT2D eigenvalue weighted by Crippen LogP contribution is 2.23. The molecule has 1 amide bonds. The first-order valence-electron chi connectivity index (χ1n) is 8.29. The fourth-order valence-corrected chi connectivity index (χ4v) is 3.42. The highest BCUT2D eigenvalue weighted by molar-refractivity contribution is 7.99. The van der Waals surface area contributed by atoms with E-state index in [0.29, 0.717) is 5.71 Å². The number of hydrogen-bond acceptors (Lipinski definition) is 5. The summed E-state index contributed by atoms with van der Waals surface area (Å²) in [6, 6.07) is 14.6. The third-order valence-electron chi connectivity index (χ3n) is 3.90. The largest absolute Gasteiger partial charge is 0.508 e. The SMILES string of the molecule is CCn1c(SCC(=O)N/N=C(\C)c2ccc(O)cc2)nc2ccccc21. The van der Waals surface area contributed by atoms with Crippen molar-refractivity contribution in [3.8, 4) is 5.75 Å². The van der Waals surface area contributed by atoms with Crippen LogP contribution >= 0.6 is 11.8 Å². The van der Waals surface area contributed by atoms with E-state index in [0.717, 1.165) is 28.3 Å². The monoisotopic (exact) mass is 368 g/mol. The second-order valence-electron chi connectivity index (χ2n) is 5.70. The number of carbonyl (C=O) groups excluding carboxylic acids is 1. The lowest BCUT2D eigenvalue weighted by Gasteiger charge is -2.05. The van der Waals surface area contributed by atoms with Gasteiger partial charge < -0.3 is 9.67 Å². The molecule has 2 aromatic carbocycles. The number of amides is 1. The van der Waals surface area contributed by atoms with E-state index in [9.17, 15) is 9.90 Å². The predicted octanol–water partition coefficient (Wildman–Crippen LogP) is 3.39. The Morgan fingerprint density at radius 2 is 1.96 bits per heavy atom. The van der Waals surface area contributed by atoms with E-state index in [4.69, 9.17) is 0 Å². The summed E-state index contributed by atoms with van der Waals surface area (Å²) in [4.78, 5) is 16.7. The Bertz CT molecular complexity index is 948. The molecule has 0 aliphatic carbocycles. The number of hydrazone groups is 1. The standard InChI is InChI=1S/C19H20N4O2S/c1-3-23-17-7-5-4-6-16(17)20-19(23)26-12-18(25)22-21-13(2)14-8-10-15(24)11-9-14/h4-11,24H,3,12H2,1-2H3,(H,22,25)/b21-13+. The summed E-state index contributed by atoms with van der Waals surface area (Å²) in [5.41, 5.74) is 6.07. The van der Waals surface area contributed by atoms with Gasteiger partial charge in [-0.15, -0.1) is 0 Å². The summed E-state index contributed by atoms with van der Waals surface area (Å²) in [6.45, 7) is 4.66. The number of aromatic nitrogens is 2. The topological polar surface area (TPSA) is 79.5 Å². The van der Waals surface area contributed by atoms with E-state index < -0.39 is 0 Å². The smallest absolute Gasteiger partial charge is 0.250 e. The Morgan fingerprint density at radius 1 is 1.23 bits per heavy atom. The van der Waals surface area contributed by atoms with Crippen molar-refractivity contribution < 1.29 is 9.90 Å². The number of rotatable bonds is 6. The van der Waals surface area contributed by atoms with Crippen LogP contribution in [0.3, 0.4) is 0 Å². The van der Waals surface area contributed by atoms with Crippen LogP contribution in [0.15, 0.2) is 58.8 Å². The molecule has 3 rings (SSSR count). The lowest BCUT2D eigenvalue weighted by Crippen LogP contribution is -2.21. The normalized spacial score (nSPS) is 11.7. The molecule has 0 spiro atoms. The van der Waals surface area contributed by atoms with Gasteiger partial charge in [-0.05, 0) is 55.8 Å². The predicted molar refractivity (Wildman–Crippen MR) is 105 cm³/mol. The van der Waals surface area contributed by atoms with Crippen LogP contribution < -0.4 is 5.43 Å². The van der Waals surface area contributed by atoms with E-state index in [1.54, 1.807) is 31.2 Å². The maximum Gasteiger partial charge on any atom is 0.250 e. The van der Waals surface area contributed by atoms with Gasteiger partial charge in [-0.3, -0.25) is 4.79 Å². The van der Waals surface area contributed by atoms with Gasteiger partial charge in [0.25, 0.3) is 5.91 Å². The number of benzene rings is 2. The number of aryl methyl sites for hydroxylation is 1. The number of nitrogens with zero attached hydrogens (tertiary/aromatic N) is 3. The van der Waals surface area contributed by atoms with E-state index in [-0.39, 0.29) is 17.4 Å². The number of para-hydroxylation sites is 2. The van der Waals surface area contributed by atoms with Crippen molar-refractivity contribution in [1.82, 2.24) is 15.0 Å². The lowest BCUT2D eigenvalue weighted by atomic mass is 10.1. The fraction of sp³-hybridized carbons (Fsp3) is 0.211. The first-order chi connectivity index (χ1) is 12.6. The first-order valence-corrected chi connectivity index (χ1v) is 9.27. The van der Waals surface area contributed by atoms with Gasteiger partial charge in [-0.2, -0.15) is 5.10 Å². The van der Waals surface area contributed by atoms with Crippen molar-refractivity contribution in [3.05, 3.63) is 54.1 Å². The van der Waals surface area contributed by atoms with Gasteiger partial charge in [0.15, 0.2) is 5.16 Å². The lowest BCUT2D eigenvalue weighted by molar-refractivity contribution is -0.118. The Balaban J connectivity index is 1.62. The molecule has 1 aromatic heterocycles. The molecular weight excluding hydrogens is 348 g/mol. The van der Waals surface area contributed by atoms with Gasteiger partial charge >= 0.3 is 0 Å². The molecule has 0 bridgehead atoms. The number of imidazole rings is 1. The molecule has 0 saturated heterocycles. The van der Waals surface area contributed by atoms with E-state index in [1.165, 1.54) is 11.8 Å². The Labute approximate surface area is 155 Å². The molecule has 0 atom stereocenters. The Hall–Kier alpha value is -2.80. The summed E-state index contributed by atoms with van der Waals surface area (Å²) in [5.74, 6) is 0.235. The number of aromatic hydroxyl groups is 1. The van der Waals surface area contributed by atoms with Crippen LogP contribution in [0.2, 0.25) is 0 Å². The van der Waals surface area contributed by atoms with Crippen LogP contribution in [-0.4, -0.2) is 32.0 Å². The van der Waals surface area contributed by atoms with Crippen LogP contribution in [0.4, 0.5) is 0 Å². The number of carbonyl (C=O) groups is 1. The zero-order chi connectivity index (χ0) is 18.5. The van der Waals surface area contributed by atoms with Crippen molar-refractivity contribution in [2.45, 2.75) is 25.5 Å². The zero-order valence-electron chi connectivity index (χ0n) is 14.6. The molecule has 0 aliphatic rings. The molecule has 3 aromatic rings. The maximum atomic E-state index is 12.1. The Morgan fingerprint density at radius 3 is 2.69 bits per heavy atom. The van der Waals surface area contributed by atoms with Crippen molar-refractivity contribution >= 4 is 34.4 Å². The maximum absolute atomic E-state index is 12.1. The highest BCUT2D eigenvalue weighted by atomic mass is 32.2. The molecule has 134 valence electrons. The number of hydrogen-bond donors (Lipinski definition) is 2. The average Bonchev–Trinajstić information content (AvgIpc) is 3.02. The summed E-state index contributed by atoms with van der Waals surface area (Å²) in [5, 5.41) is 14.2. The minimum atomic E-state index is -0.192. The van der Waals surface area contributed by atoms with Gasteiger partial charge in [0.1, 0.15) is 5.75 Å². The minimum absolute atomic E-state index is 0.192. The fourth-order valence-electron chi connectivity index (χ4n) is 2.54. The molecule has 2 N–H and O–H groups in total. The molecule has 7 heteroatoms. The molecule has 0 aliphatic heterocycles. The van der Waals surface area contributed by atoms with Crippen LogP contribution in [0.5, 0.6) is 5.75 Å². The number of fused-ring (bicyclic) bond motifs is 1. The summed E-state index contributed by atoms with van der Waals surface area (Å²) >= 11 is 1.39. The number of nitrogens with one attached hydrogen (secondary N) is 1. The third kappa shape index (κ3) is 4.05. The Kier molecular flexibility index (Phi) is 5.58. The second-order valence-corrected chi connectivity index (χ2v) is 6.64. The molecular formula is C19H20N4O2S. The quantitative estimate of drug-likeness (QED) is 0.397. The van der Waals surface area contributed by atoms with Gasteiger partial charge in [-0.25, -0.2) is 10.4 Å². The van der Waals surface area contributed by atoms with Crippen LogP contribution in [0.1, 0.15) is 19.4 Å². The second kappa shape index (κ2) is 8.05. The third-order valence-corrected chi connectivity index (χ3v) is 4.88. The minimum Gasteiger partial charge on any atom is -0.508 e. The molecule has 0 fully saturated rings. The van der Waals surface area contributed by atoms with Gasteiger partial charge in [0.05, 0.1) is 22.5 Å². The summed E-state index contributed by atoms with van der Waals surface area (Å²) in [7, 11) is 0. The van der Waals surface area contributed by atoms with Crippen LogP contribution in [0, 0.1) is 0 Å². The highest BCUT2D eigenvalue weighted by Gasteiger charge is 2.11. The van der Waals surface area contributed by atoms with Gasteiger partial charge in [-0.1, -0.05) is 23.9 Å². The molecule has 1 heterocycles. The molecule has 0 saturated carbocycles. The number of phenolic OH excluding ortho intramolecular Hbond substituents is 1. The molecule has 26 heavy (non-hydrogen) atoms. The number of thioether (sulfide) groups is 1. The van der Waals surface area contributed by atoms with Crippen molar-refractivity contribution in [3.63, 3.8) is 0 Å². The van der Waals surface area contributed by atoms with E-state index in [2.05, 4.69) is 27.0 Å². The molecule has 0 radical (unpaired) electrons. The van der Waals surface area contributed by atoms with Crippen molar-refractivity contribution in [2.75, 3.05) is 5.75 Å². The van der Waals surface area contributed by atoms with E-state index >= 15 is 0 Å². The van der Waals surface area contributed by atoms with Crippen LogP contribution in [-0.2, 0) is 11.3 Å².